The van der Waals surface area contributed by atoms with Crippen LogP contribution in [0.2, 0.25) is 0 Å². The van der Waals surface area contributed by atoms with Crippen molar-refractivity contribution in [2.24, 2.45) is 5.92 Å². The van der Waals surface area contributed by atoms with Crippen LogP contribution in [-0.2, 0) is 4.79 Å². The van der Waals surface area contributed by atoms with Crippen molar-refractivity contribution in [1.29, 1.82) is 0 Å². The van der Waals surface area contributed by atoms with Gasteiger partial charge >= 0.3 is 5.97 Å². The van der Waals surface area contributed by atoms with Gasteiger partial charge in [-0.05, 0) is 12.8 Å². The highest BCUT2D eigenvalue weighted by atomic mass is 32.1. The molecule has 0 radical (unpaired) electrons. The fourth-order valence-corrected chi connectivity index (χ4v) is 2.84. The number of amides is 1. The Morgan fingerprint density at radius 3 is 2.77 bits per heavy atom. The first-order valence-corrected chi connectivity index (χ1v) is 7.68. The smallest absolute Gasteiger partial charge is 0.326 e. The van der Waals surface area contributed by atoms with E-state index >= 15 is 0 Å². The molecule has 0 aromatic carbocycles. The molecule has 0 saturated heterocycles. The minimum Gasteiger partial charge on any atom is -0.480 e. The number of aromatic nitrogens is 2. The van der Waals surface area contributed by atoms with Gasteiger partial charge in [0.2, 0.25) is 0 Å². The minimum atomic E-state index is -1.12. The first-order valence-electron chi connectivity index (χ1n) is 6.86. The maximum Gasteiger partial charge on any atom is 0.326 e. The summed E-state index contributed by atoms with van der Waals surface area (Å²) in [5.41, 5.74) is -0.662. The van der Waals surface area contributed by atoms with Crippen LogP contribution in [0.5, 0.6) is 0 Å². The summed E-state index contributed by atoms with van der Waals surface area (Å²) in [7, 11) is 0. The van der Waals surface area contributed by atoms with Crippen LogP contribution in [0.1, 0.15) is 35.5 Å². The molecule has 2 N–H and O–H groups in total. The molecule has 2 rings (SSSR count). The standard InChI is InChI=1S/C14H17N3O4S/c1-4-7(2)10(13(20)21)16-11(18)9-5-15-14-17(12(9)19)6-8(3)22-14/h5-7,10H,4H2,1-3H3,(H,16,18)(H,20,21)/t7-,10-/m0/s1. The van der Waals surface area contributed by atoms with E-state index in [4.69, 9.17) is 0 Å². The number of nitrogens with zero attached hydrogens (tertiary/aromatic N) is 2. The molecular formula is C14H17N3O4S. The Labute approximate surface area is 130 Å². The SMILES string of the molecule is CC[C@H](C)[C@H](NC(=O)c1cnc2sc(C)cn2c1=O)C(=O)O. The Morgan fingerprint density at radius 1 is 1.50 bits per heavy atom. The van der Waals surface area contributed by atoms with Crippen LogP contribution in [0.3, 0.4) is 0 Å². The monoisotopic (exact) mass is 323 g/mol. The summed E-state index contributed by atoms with van der Waals surface area (Å²) in [6.07, 6.45) is 3.39. The van der Waals surface area contributed by atoms with Gasteiger partial charge in [0.1, 0.15) is 11.6 Å². The molecule has 2 aromatic heterocycles. The van der Waals surface area contributed by atoms with E-state index in [-0.39, 0.29) is 11.5 Å². The molecule has 0 bridgehead atoms. The third-order valence-corrected chi connectivity index (χ3v) is 4.44. The molecule has 1 amide bonds. The van der Waals surface area contributed by atoms with Gasteiger partial charge in [0.15, 0.2) is 4.96 Å². The topological polar surface area (TPSA) is 101 Å². The van der Waals surface area contributed by atoms with Gasteiger partial charge in [-0.1, -0.05) is 20.3 Å². The molecular weight excluding hydrogens is 306 g/mol. The van der Waals surface area contributed by atoms with Crippen molar-refractivity contribution in [3.05, 3.63) is 33.2 Å². The second-order valence-corrected chi connectivity index (χ2v) is 6.36. The summed E-state index contributed by atoms with van der Waals surface area (Å²) in [6.45, 7) is 5.40. The van der Waals surface area contributed by atoms with Crippen molar-refractivity contribution in [3.8, 4) is 0 Å². The number of hydrogen-bond acceptors (Lipinski definition) is 5. The molecule has 2 atom stereocenters. The highest BCUT2D eigenvalue weighted by molar-refractivity contribution is 7.16. The van der Waals surface area contributed by atoms with Crippen LogP contribution in [0.25, 0.3) is 4.96 Å². The Hall–Kier alpha value is -2.22. The van der Waals surface area contributed by atoms with E-state index in [0.717, 1.165) is 4.88 Å². The normalized spacial score (nSPS) is 13.8. The summed E-state index contributed by atoms with van der Waals surface area (Å²) >= 11 is 1.34. The van der Waals surface area contributed by atoms with Crippen molar-refractivity contribution >= 4 is 28.2 Å². The van der Waals surface area contributed by atoms with E-state index in [0.29, 0.717) is 11.4 Å². The zero-order valence-electron chi connectivity index (χ0n) is 12.5. The first-order chi connectivity index (χ1) is 10.3. The summed E-state index contributed by atoms with van der Waals surface area (Å²) in [5.74, 6) is -2.09. The average molecular weight is 323 g/mol. The first kappa shape index (κ1) is 16.2. The summed E-state index contributed by atoms with van der Waals surface area (Å²) in [5, 5.41) is 11.6. The third kappa shape index (κ3) is 3.01. The number of carboxylic acids is 1. The van der Waals surface area contributed by atoms with Crippen LogP contribution in [0.15, 0.2) is 17.2 Å². The molecule has 0 aliphatic heterocycles. The number of thiazole rings is 1. The molecule has 118 valence electrons. The molecule has 0 saturated carbocycles. The molecule has 2 aromatic rings. The van der Waals surface area contributed by atoms with E-state index in [1.807, 2.05) is 13.8 Å². The predicted molar refractivity (Wildman–Crippen MR) is 82.4 cm³/mol. The van der Waals surface area contributed by atoms with Crippen molar-refractivity contribution in [3.63, 3.8) is 0 Å². The number of aryl methyl sites for hydroxylation is 1. The molecule has 8 heteroatoms. The van der Waals surface area contributed by atoms with Crippen LogP contribution in [-0.4, -0.2) is 32.4 Å². The second-order valence-electron chi connectivity index (χ2n) is 5.15. The van der Waals surface area contributed by atoms with Gasteiger partial charge in [-0.2, -0.15) is 0 Å². The molecule has 0 aliphatic carbocycles. The van der Waals surface area contributed by atoms with Gasteiger partial charge in [-0.15, -0.1) is 11.3 Å². The Morgan fingerprint density at radius 2 is 2.18 bits per heavy atom. The average Bonchev–Trinajstić information content (AvgIpc) is 2.85. The van der Waals surface area contributed by atoms with Gasteiger partial charge in [-0.25, -0.2) is 9.78 Å². The van der Waals surface area contributed by atoms with Crippen molar-refractivity contribution in [1.82, 2.24) is 14.7 Å². The quantitative estimate of drug-likeness (QED) is 0.863. The highest BCUT2D eigenvalue weighted by Crippen LogP contribution is 2.13. The second kappa shape index (κ2) is 6.27. The summed E-state index contributed by atoms with van der Waals surface area (Å²) in [6, 6.07) is -1.04. The van der Waals surface area contributed by atoms with E-state index in [9.17, 15) is 19.5 Å². The Bertz CT molecular complexity index is 780. The molecule has 7 nitrogen and oxygen atoms in total. The maximum atomic E-state index is 12.3. The van der Waals surface area contributed by atoms with E-state index in [2.05, 4.69) is 10.3 Å². The van der Waals surface area contributed by atoms with E-state index in [1.165, 1.54) is 21.9 Å². The molecule has 0 spiro atoms. The Balaban J connectivity index is 2.35. The molecule has 0 unspecified atom stereocenters. The van der Waals surface area contributed by atoms with Crippen molar-refractivity contribution in [2.75, 3.05) is 0 Å². The zero-order chi connectivity index (χ0) is 16.4. The lowest BCUT2D eigenvalue weighted by atomic mass is 9.99. The van der Waals surface area contributed by atoms with Crippen LogP contribution in [0.4, 0.5) is 0 Å². The van der Waals surface area contributed by atoms with Crippen molar-refractivity contribution in [2.45, 2.75) is 33.2 Å². The fraction of sp³-hybridized carbons (Fsp3) is 0.429. The van der Waals surface area contributed by atoms with E-state index in [1.54, 1.807) is 13.1 Å². The van der Waals surface area contributed by atoms with Gasteiger partial charge < -0.3 is 10.4 Å². The minimum absolute atomic E-state index is 0.162. The number of carboxylic acid groups (broad SMARTS) is 1. The van der Waals surface area contributed by atoms with Gasteiger partial charge in [-0.3, -0.25) is 14.0 Å². The van der Waals surface area contributed by atoms with E-state index < -0.39 is 23.5 Å². The summed E-state index contributed by atoms with van der Waals surface area (Å²) in [4.78, 5) is 41.2. The zero-order valence-corrected chi connectivity index (χ0v) is 13.3. The molecule has 2 heterocycles. The number of carbonyl (C=O) groups excluding carboxylic acids is 1. The van der Waals surface area contributed by atoms with Crippen molar-refractivity contribution < 1.29 is 14.7 Å². The number of nitrogens with one attached hydrogen (secondary N) is 1. The number of aliphatic carboxylic acids is 1. The number of rotatable bonds is 5. The summed E-state index contributed by atoms with van der Waals surface area (Å²) < 4.78 is 1.30. The lowest BCUT2D eigenvalue weighted by Crippen LogP contribution is -2.46. The number of hydrogen-bond donors (Lipinski definition) is 2. The Kier molecular flexibility index (Phi) is 4.60. The maximum absolute atomic E-state index is 12.3. The number of carbonyl (C=O) groups is 2. The van der Waals surface area contributed by atoms with Gasteiger partial charge in [0.05, 0.1) is 0 Å². The van der Waals surface area contributed by atoms with Crippen LogP contribution in [0, 0.1) is 12.8 Å². The van der Waals surface area contributed by atoms with Gasteiger partial charge in [0, 0.05) is 17.3 Å². The number of fused-ring (bicyclic) bond motifs is 1. The van der Waals surface area contributed by atoms with Crippen LogP contribution >= 0.6 is 11.3 Å². The third-order valence-electron chi connectivity index (χ3n) is 3.53. The molecule has 22 heavy (non-hydrogen) atoms. The lowest BCUT2D eigenvalue weighted by Gasteiger charge is -2.19. The lowest BCUT2D eigenvalue weighted by molar-refractivity contribution is -0.140. The molecule has 0 aliphatic rings. The predicted octanol–water partition coefficient (Wildman–Crippen LogP) is 1.29. The molecule has 0 fully saturated rings. The van der Waals surface area contributed by atoms with Gasteiger partial charge in [0.25, 0.3) is 11.5 Å². The van der Waals surface area contributed by atoms with Crippen LogP contribution < -0.4 is 10.9 Å². The highest BCUT2D eigenvalue weighted by Gasteiger charge is 2.27. The fourth-order valence-electron chi connectivity index (χ4n) is 2.05. The largest absolute Gasteiger partial charge is 0.480 e.